The maximum atomic E-state index is 12.3. The van der Waals surface area contributed by atoms with Crippen molar-refractivity contribution in [3.05, 3.63) is 36.2 Å². The molecule has 1 fully saturated rings. The Morgan fingerprint density at radius 3 is 2.83 bits per heavy atom. The summed E-state index contributed by atoms with van der Waals surface area (Å²) in [4.78, 5) is 13.9. The van der Waals surface area contributed by atoms with E-state index < -0.39 is 6.61 Å². The highest BCUT2D eigenvalue weighted by molar-refractivity contribution is 5.76. The molecule has 2 heterocycles. The van der Waals surface area contributed by atoms with E-state index in [9.17, 15) is 13.6 Å². The molecule has 0 N–H and O–H groups in total. The van der Waals surface area contributed by atoms with Crippen LogP contribution in [0.1, 0.15) is 11.7 Å². The van der Waals surface area contributed by atoms with Gasteiger partial charge in [-0.2, -0.15) is 8.78 Å². The molecule has 1 unspecified atom stereocenters. The number of tetrazole rings is 1. The van der Waals surface area contributed by atoms with Crippen LogP contribution >= 0.6 is 0 Å². The zero-order valence-corrected chi connectivity index (χ0v) is 12.6. The van der Waals surface area contributed by atoms with Gasteiger partial charge >= 0.3 is 6.61 Å². The molecule has 1 aromatic heterocycles. The number of aromatic nitrogens is 4. The fourth-order valence-corrected chi connectivity index (χ4v) is 2.43. The van der Waals surface area contributed by atoms with E-state index in [1.807, 2.05) is 0 Å². The lowest BCUT2D eigenvalue weighted by Gasteiger charge is -2.33. The second-order valence-electron chi connectivity index (χ2n) is 5.15. The van der Waals surface area contributed by atoms with Crippen molar-refractivity contribution in [1.82, 2.24) is 25.1 Å². The number of halogens is 2. The van der Waals surface area contributed by atoms with E-state index in [1.54, 1.807) is 17.0 Å². The van der Waals surface area contributed by atoms with Crippen molar-refractivity contribution in [1.29, 1.82) is 0 Å². The van der Waals surface area contributed by atoms with Crippen molar-refractivity contribution in [2.45, 2.75) is 19.3 Å². The summed E-state index contributed by atoms with van der Waals surface area (Å²) in [5.41, 5.74) is 0.788. The molecule has 1 aromatic carbocycles. The van der Waals surface area contributed by atoms with Gasteiger partial charge in [0.1, 0.15) is 24.7 Å². The molecule has 8 nitrogen and oxygen atoms in total. The molecule has 24 heavy (non-hydrogen) atoms. The van der Waals surface area contributed by atoms with Gasteiger partial charge in [0.2, 0.25) is 5.91 Å². The van der Waals surface area contributed by atoms with Gasteiger partial charge in [-0.1, -0.05) is 12.1 Å². The first-order chi connectivity index (χ1) is 11.6. The highest BCUT2D eigenvalue weighted by atomic mass is 19.3. The molecule has 0 radical (unpaired) electrons. The van der Waals surface area contributed by atoms with Crippen molar-refractivity contribution in [3.8, 4) is 5.75 Å². The molecule has 2 aromatic rings. The number of hydrogen-bond acceptors (Lipinski definition) is 6. The fourth-order valence-electron chi connectivity index (χ4n) is 2.43. The normalized spacial score (nSPS) is 18.0. The Labute approximate surface area is 136 Å². The van der Waals surface area contributed by atoms with Crippen molar-refractivity contribution in [2.75, 3.05) is 19.7 Å². The van der Waals surface area contributed by atoms with Crippen molar-refractivity contribution >= 4 is 5.91 Å². The highest BCUT2D eigenvalue weighted by Crippen LogP contribution is 2.25. The second-order valence-corrected chi connectivity index (χ2v) is 5.15. The first-order valence-electron chi connectivity index (χ1n) is 7.27. The summed E-state index contributed by atoms with van der Waals surface area (Å²) < 4.78 is 35.7. The molecular formula is C14H15F2N5O3. The van der Waals surface area contributed by atoms with Crippen molar-refractivity contribution in [2.24, 2.45) is 0 Å². The third-order valence-electron chi connectivity index (χ3n) is 3.58. The predicted octanol–water partition coefficient (Wildman–Crippen LogP) is 0.875. The average Bonchev–Trinajstić information content (AvgIpc) is 3.08. The van der Waals surface area contributed by atoms with Crippen LogP contribution in [0.3, 0.4) is 0 Å². The SMILES string of the molecule is O=C(Cn1cnnn1)N1CCOC(c2ccc(OC(F)F)cc2)C1. The minimum absolute atomic E-state index is 0.0564. The quantitative estimate of drug-likeness (QED) is 0.804. The summed E-state index contributed by atoms with van der Waals surface area (Å²) in [6.07, 6.45) is 1.05. The standard InChI is InChI=1S/C14H15F2N5O3/c15-14(16)24-11-3-1-10(2-4-11)12-7-20(5-6-23-12)13(22)8-21-9-17-18-19-21/h1-4,9,12,14H,5-8H2. The summed E-state index contributed by atoms with van der Waals surface area (Å²) in [6.45, 7) is -1.57. The van der Waals surface area contributed by atoms with E-state index in [4.69, 9.17) is 4.74 Å². The van der Waals surface area contributed by atoms with E-state index in [2.05, 4.69) is 20.3 Å². The Balaban J connectivity index is 1.61. The maximum Gasteiger partial charge on any atom is 0.387 e. The first-order valence-corrected chi connectivity index (χ1v) is 7.27. The molecule has 0 saturated carbocycles. The zero-order chi connectivity index (χ0) is 16.9. The molecule has 0 spiro atoms. The molecule has 1 aliphatic rings. The molecule has 1 saturated heterocycles. The van der Waals surface area contributed by atoms with Gasteiger partial charge in [0, 0.05) is 6.54 Å². The van der Waals surface area contributed by atoms with E-state index in [-0.39, 0.29) is 24.3 Å². The summed E-state index contributed by atoms with van der Waals surface area (Å²) in [5, 5.41) is 10.6. The smallest absolute Gasteiger partial charge is 0.387 e. The van der Waals surface area contributed by atoms with Gasteiger partial charge in [0.05, 0.1) is 13.2 Å². The van der Waals surface area contributed by atoms with Crippen LogP contribution in [0.15, 0.2) is 30.6 Å². The number of carbonyl (C=O) groups excluding carboxylic acids is 1. The van der Waals surface area contributed by atoms with Crippen LogP contribution in [0.4, 0.5) is 8.78 Å². The van der Waals surface area contributed by atoms with Crippen LogP contribution in [0.2, 0.25) is 0 Å². The number of hydrogen-bond donors (Lipinski definition) is 0. The van der Waals surface area contributed by atoms with Gasteiger partial charge in [-0.3, -0.25) is 4.79 Å². The molecule has 128 valence electrons. The van der Waals surface area contributed by atoms with Crippen molar-refractivity contribution in [3.63, 3.8) is 0 Å². The minimum atomic E-state index is -2.86. The monoisotopic (exact) mass is 339 g/mol. The fraction of sp³-hybridized carbons (Fsp3) is 0.429. The first kappa shape index (κ1) is 16.2. The van der Waals surface area contributed by atoms with Gasteiger partial charge in [-0.05, 0) is 28.1 Å². The molecular weight excluding hydrogens is 324 g/mol. The van der Waals surface area contributed by atoms with E-state index in [0.717, 1.165) is 5.56 Å². The Morgan fingerprint density at radius 1 is 1.38 bits per heavy atom. The molecule has 10 heteroatoms. The number of alkyl halides is 2. The lowest BCUT2D eigenvalue weighted by Crippen LogP contribution is -2.43. The molecule has 3 rings (SSSR count). The van der Waals surface area contributed by atoms with Gasteiger partial charge < -0.3 is 14.4 Å². The molecule has 1 atom stereocenters. The number of benzene rings is 1. The summed E-state index contributed by atoms with van der Waals surface area (Å²) in [5.74, 6) is -0.0376. The van der Waals surface area contributed by atoms with Gasteiger partial charge in [-0.15, -0.1) is 5.10 Å². The maximum absolute atomic E-state index is 12.3. The van der Waals surface area contributed by atoms with Crippen LogP contribution in [0.25, 0.3) is 0 Å². The summed E-state index contributed by atoms with van der Waals surface area (Å²) in [6, 6.07) is 6.20. The number of ether oxygens (including phenoxy) is 2. The lowest BCUT2D eigenvalue weighted by molar-refractivity contribution is -0.139. The van der Waals surface area contributed by atoms with Crippen LogP contribution in [-0.2, 0) is 16.1 Å². The number of morpholine rings is 1. The van der Waals surface area contributed by atoms with Crippen LogP contribution in [-0.4, -0.2) is 57.3 Å². The van der Waals surface area contributed by atoms with Crippen LogP contribution in [0, 0.1) is 0 Å². The van der Waals surface area contributed by atoms with Gasteiger partial charge in [-0.25, -0.2) is 4.68 Å². The Bertz CT molecular complexity index is 666. The van der Waals surface area contributed by atoms with E-state index in [1.165, 1.54) is 23.1 Å². The van der Waals surface area contributed by atoms with E-state index >= 15 is 0 Å². The van der Waals surface area contributed by atoms with Crippen LogP contribution in [0.5, 0.6) is 5.75 Å². The number of amides is 1. The Kier molecular flexibility index (Phi) is 4.94. The highest BCUT2D eigenvalue weighted by Gasteiger charge is 2.25. The molecule has 0 aliphatic carbocycles. The Morgan fingerprint density at radius 2 is 2.17 bits per heavy atom. The number of rotatable bonds is 5. The topological polar surface area (TPSA) is 82.4 Å². The predicted molar refractivity (Wildman–Crippen MR) is 76.2 cm³/mol. The van der Waals surface area contributed by atoms with E-state index in [0.29, 0.717) is 19.7 Å². The number of nitrogens with zero attached hydrogens (tertiary/aromatic N) is 5. The van der Waals surface area contributed by atoms with Crippen LogP contribution < -0.4 is 4.74 Å². The molecule has 1 aliphatic heterocycles. The lowest BCUT2D eigenvalue weighted by atomic mass is 10.1. The summed E-state index contributed by atoms with van der Waals surface area (Å²) in [7, 11) is 0. The second kappa shape index (κ2) is 7.30. The molecule has 0 bridgehead atoms. The van der Waals surface area contributed by atoms with Gasteiger partial charge in [0.15, 0.2) is 0 Å². The Hall–Kier alpha value is -2.62. The largest absolute Gasteiger partial charge is 0.435 e. The minimum Gasteiger partial charge on any atom is -0.435 e. The van der Waals surface area contributed by atoms with Gasteiger partial charge in [0.25, 0.3) is 0 Å². The zero-order valence-electron chi connectivity index (χ0n) is 12.6. The molecule has 1 amide bonds. The summed E-state index contributed by atoms with van der Waals surface area (Å²) >= 11 is 0. The average molecular weight is 339 g/mol. The number of carbonyl (C=O) groups is 1. The third-order valence-corrected chi connectivity index (χ3v) is 3.58. The van der Waals surface area contributed by atoms with Crippen molar-refractivity contribution < 1.29 is 23.0 Å². The third kappa shape index (κ3) is 4.02.